The number of carbonyl (C=O) groups is 2. The van der Waals surface area contributed by atoms with Crippen LogP contribution in [0.2, 0.25) is 0 Å². The second-order valence-corrected chi connectivity index (χ2v) is 6.39. The van der Waals surface area contributed by atoms with Gasteiger partial charge >= 0.3 is 0 Å². The minimum Gasteiger partial charge on any atom is -0.350 e. The molecule has 0 spiro atoms. The van der Waals surface area contributed by atoms with Crippen LogP contribution in [-0.4, -0.2) is 18.4 Å². The van der Waals surface area contributed by atoms with Crippen molar-refractivity contribution < 1.29 is 14.0 Å². The van der Waals surface area contributed by atoms with E-state index in [2.05, 4.69) is 10.6 Å². The number of rotatable bonds is 7. The summed E-state index contributed by atoms with van der Waals surface area (Å²) in [6.07, 6.45) is 1.99. The molecule has 2 amide bonds. The Bertz CT molecular complexity index is 1000. The van der Waals surface area contributed by atoms with Gasteiger partial charge in [0.25, 0.3) is 11.8 Å². The minimum atomic E-state index is -0.478. The highest BCUT2D eigenvalue weighted by Gasteiger charge is 2.15. The van der Waals surface area contributed by atoms with Crippen LogP contribution in [-0.2, 0) is 11.2 Å². The average Bonchev–Trinajstić information content (AvgIpc) is 2.76. The molecular formula is C24H21FN2O2. The standard InChI is InChI=1S/C24H21FN2O2/c25-21-14-8-7-13-20(21)17-22(27-23(28)19-11-5-2-6-12-19)24(29)26-16-15-18-9-3-1-4-10-18/h1-14,17H,15-16H2,(H,26,29)(H,27,28). The largest absolute Gasteiger partial charge is 0.350 e. The maximum atomic E-state index is 14.1. The maximum absolute atomic E-state index is 14.1. The van der Waals surface area contributed by atoms with Gasteiger partial charge in [0.05, 0.1) is 0 Å². The number of amides is 2. The number of hydrogen-bond acceptors (Lipinski definition) is 2. The molecule has 0 bridgehead atoms. The molecule has 3 aromatic carbocycles. The first-order valence-corrected chi connectivity index (χ1v) is 9.28. The lowest BCUT2D eigenvalue weighted by atomic mass is 10.1. The van der Waals surface area contributed by atoms with Crippen molar-refractivity contribution in [3.8, 4) is 0 Å². The van der Waals surface area contributed by atoms with Crippen LogP contribution in [0, 0.1) is 5.82 Å². The van der Waals surface area contributed by atoms with Crippen molar-refractivity contribution in [2.75, 3.05) is 6.54 Å². The molecule has 0 aromatic heterocycles. The van der Waals surface area contributed by atoms with E-state index in [4.69, 9.17) is 0 Å². The van der Waals surface area contributed by atoms with Crippen molar-refractivity contribution in [3.63, 3.8) is 0 Å². The number of hydrogen-bond donors (Lipinski definition) is 2. The maximum Gasteiger partial charge on any atom is 0.267 e. The molecule has 0 heterocycles. The van der Waals surface area contributed by atoms with E-state index in [1.807, 2.05) is 30.3 Å². The molecule has 0 unspecified atom stereocenters. The molecule has 0 saturated heterocycles. The van der Waals surface area contributed by atoms with E-state index in [1.54, 1.807) is 48.5 Å². The summed E-state index contributed by atoms with van der Waals surface area (Å²) in [7, 11) is 0. The molecule has 0 atom stereocenters. The van der Waals surface area contributed by atoms with Gasteiger partial charge in [0.15, 0.2) is 0 Å². The first kappa shape index (κ1) is 20.0. The van der Waals surface area contributed by atoms with Gasteiger partial charge in [-0.05, 0) is 36.3 Å². The Kier molecular flexibility index (Phi) is 6.90. The number of halogens is 1. The van der Waals surface area contributed by atoms with Gasteiger partial charge in [-0.2, -0.15) is 0 Å². The molecule has 29 heavy (non-hydrogen) atoms. The Hall–Kier alpha value is -3.73. The monoisotopic (exact) mass is 388 g/mol. The summed E-state index contributed by atoms with van der Waals surface area (Å²) in [5.41, 5.74) is 1.69. The lowest BCUT2D eigenvalue weighted by molar-refractivity contribution is -0.117. The lowest BCUT2D eigenvalue weighted by Gasteiger charge is -2.11. The van der Waals surface area contributed by atoms with Crippen LogP contribution in [0.1, 0.15) is 21.5 Å². The number of carbonyl (C=O) groups excluding carboxylic acids is 2. The molecule has 0 aliphatic rings. The van der Waals surface area contributed by atoms with Crippen molar-refractivity contribution >= 4 is 17.9 Å². The van der Waals surface area contributed by atoms with Crippen molar-refractivity contribution in [3.05, 3.63) is 113 Å². The highest BCUT2D eigenvalue weighted by molar-refractivity contribution is 6.05. The van der Waals surface area contributed by atoms with Gasteiger partial charge in [-0.3, -0.25) is 9.59 Å². The van der Waals surface area contributed by atoms with Gasteiger partial charge in [-0.15, -0.1) is 0 Å². The molecule has 0 fully saturated rings. The first-order chi connectivity index (χ1) is 14.1. The van der Waals surface area contributed by atoms with Crippen molar-refractivity contribution in [2.24, 2.45) is 0 Å². The van der Waals surface area contributed by atoms with Gasteiger partial charge in [-0.1, -0.05) is 66.7 Å². The van der Waals surface area contributed by atoms with Gasteiger partial charge in [-0.25, -0.2) is 4.39 Å². The van der Waals surface area contributed by atoms with E-state index >= 15 is 0 Å². The van der Waals surface area contributed by atoms with E-state index in [0.717, 1.165) is 5.56 Å². The first-order valence-electron chi connectivity index (χ1n) is 9.28. The summed E-state index contributed by atoms with van der Waals surface area (Å²) in [6, 6.07) is 24.3. The normalized spacial score (nSPS) is 11.0. The molecule has 0 saturated carbocycles. The van der Waals surface area contributed by atoms with Crippen LogP contribution in [0.15, 0.2) is 90.6 Å². The molecule has 146 valence electrons. The van der Waals surface area contributed by atoms with E-state index in [9.17, 15) is 14.0 Å². The Morgan fingerprint density at radius 3 is 2.14 bits per heavy atom. The second-order valence-electron chi connectivity index (χ2n) is 6.39. The predicted molar refractivity (Wildman–Crippen MR) is 111 cm³/mol. The van der Waals surface area contributed by atoms with Crippen LogP contribution >= 0.6 is 0 Å². The SMILES string of the molecule is O=C(NCCc1ccccc1)C(=Cc1ccccc1F)NC(=O)c1ccccc1. The fraction of sp³-hybridized carbons (Fsp3) is 0.0833. The highest BCUT2D eigenvalue weighted by Crippen LogP contribution is 2.11. The third-order valence-electron chi connectivity index (χ3n) is 4.28. The zero-order valence-corrected chi connectivity index (χ0v) is 15.8. The Morgan fingerprint density at radius 1 is 0.828 bits per heavy atom. The summed E-state index contributed by atoms with van der Waals surface area (Å²) in [4.78, 5) is 25.2. The zero-order valence-electron chi connectivity index (χ0n) is 15.8. The van der Waals surface area contributed by atoms with E-state index < -0.39 is 17.6 Å². The van der Waals surface area contributed by atoms with Crippen molar-refractivity contribution in [1.82, 2.24) is 10.6 Å². The fourth-order valence-electron chi connectivity index (χ4n) is 2.75. The summed E-state index contributed by atoms with van der Waals surface area (Å²) in [5, 5.41) is 5.38. The highest BCUT2D eigenvalue weighted by atomic mass is 19.1. The fourth-order valence-corrected chi connectivity index (χ4v) is 2.75. The van der Waals surface area contributed by atoms with Crippen LogP contribution in [0.25, 0.3) is 6.08 Å². The lowest BCUT2D eigenvalue weighted by Crippen LogP contribution is -2.35. The third kappa shape index (κ3) is 5.87. The van der Waals surface area contributed by atoms with E-state index in [-0.39, 0.29) is 11.3 Å². The Labute approximate surface area is 169 Å². The van der Waals surface area contributed by atoms with E-state index in [1.165, 1.54) is 12.1 Å². The van der Waals surface area contributed by atoms with Gasteiger partial charge < -0.3 is 10.6 Å². The smallest absolute Gasteiger partial charge is 0.267 e. The molecule has 0 radical (unpaired) electrons. The Morgan fingerprint density at radius 2 is 1.45 bits per heavy atom. The molecular weight excluding hydrogens is 367 g/mol. The quantitative estimate of drug-likeness (QED) is 0.602. The summed E-state index contributed by atoms with van der Waals surface area (Å²) in [5.74, 6) is -1.39. The topological polar surface area (TPSA) is 58.2 Å². The predicted octanol–water partition coefficient (Wildman–Crippen LogP) is 3.96. The van der Waals surface area contributed by atoms with Crippen LogP contribution in [0.4, 0.5) is 4.39 Å². The van der Waals surface area contributed by atoms with Gasteiger partial charge in [0.2, 0.25) is 0 Å². The van der Waals surface area contributed by atoms with Gasteiger partial charge in [0.1, 0.15) is 11.5 Å². The average molecular weight is 388 g/mol. The molecule has 3 rings (SSSR count). The van der Waals surface area contributed by atoms with Crippen LogP contribution < -0.4 is 10.6 Å². The summed E-state index contributed by atoms with van der Waals surface area (Å²) in [6.45, 7) is 0.388. The van der Waals surface area contributed by atoms with Gasteiger partial charge in [0, 0.05) is 17.7 Å². The summed E-state index contributed by atoms with van der Waals surface area (Å²) >= 11 is 0. The minimum absolute atomic E-state index is 0.0167. The molecule has 2 N–H and O–H groups in total. The molecule has 0 aliphatic heterocycles. The number of nitrogens with one attached hydrogen (secondary N) is 2. The summed E-state index contributed by atoms with van der Waals surface area (Å²) < 4.78 is 14.1. The van der Waals surface area contributed by atoms with E-state index in [0.29, 0.717) is 18.5 Å². The molecule has 4 nitrogen and oxygen atoms in total. The molecule has 5 heteroatoms. The Balaban J connectivity index is 1.75. The molecule has 3 aromatic rings. The second kappa shape index (κ2) is 9.99. The van der Waals surface area contributed by atoms with Crippen molar-refractivity contribution in [1.29, 1.82) is 0 Å². The van der Waals surface area contributed by atoms with Crippen molar-refractivity contribution in [2.45, 2.75) is 6.42 Å². The molecule has 0 aliphatic carbocycles. The number of benzene rings is 3. The van der Waals surface area contributed by atoms with Crippen LogP contribution in [0.3, 0.4) is 0 Å². The third-order valence-corrected chi connectivity index (χ3v) is 4.28. The zero-order chi connectivity index (χ0) is 20.5. The van der Waals surface area contributed by atoms with Crippen LogP contribution in [0.5, 0.6) is 0 Å².